The van der Waals surface area contributed by atoms with Gasteiger partial charge in [-0.1, -0.05) is 0 Å². The molecular formula is C50H48F4N8O2. The zero-order valence-corrected chi connectivity index (χ0v) is 35.5. The monoisotopic (exact) mass is 868 g/mol. The molecule has 0 saturated carbocycles. The van der Waals surface area contributed by atoms with E-state index >= 15 is 0 Å². The standard InChI is InChI=1S/C26H26F2N4O.C24H22F2N4O/c1-14-12-32(13-15(2)29-14)7-8-33-26-24-20(18-9-16(27)3-5-22(18)30-24)11-21-19-10-17(28)4-6-23(19)31-25(21)26;25-14-1-3-20-16(11-14)18-13-19-17-12-15(26)2-4-21(17)29-23(19)24(22(18)28-20)31-10-9-30-7-5-27-6-8-30/h3-6,9-11,14-15,29-31H,7-8,12-13H2,1-2H3;1-4,11-13,27-29H,5-10H2. The summed E-state index contributed by atoms with van der Waals surface area (Å²) >= 11 is 0. The number of nitrogens with one attached hydrogen (secondary N) is 6. The third-order valence-electron chi connectivity index (χ3n) is 12.8. The van der Waals surface area contributed by atoms with Gasteiger partial charge in [0.05, 0.1) is 22.1 Å². The Kier molecular flexibility index (Phi) is 10.3. The van der Waals surface area contributed by atoms with Crippen molar-refractivity contribution in [3.8, 4) is 11.5 Å². The Balaban J connectivity index is 0.000000143. The van der Waals surface area contributed by atoms with Gasteiger partial charge in [0.1, 0.15) is 36.5 Å². The van der Waals surface area contributed by atoms with Crippen LogP contribution in [0.3, 0.4) is 0 Å². The van der Waals surface area contributed by atoms with E-state index in [4.69, 9.17) is 9.47 Å². The summed E-state index contributed by atoms with van der Waals surface area (Å²) in [7, 11) is 0. The second kappa shape index (κ2) is 16.3. The van der Waals surface area contributed by atoms with E-state index in [0.717, 1.165) is 140 Å². The van der Waals surface area contributed by atoms with Crippen molar-refractivity contribution in [3.05, 3.63) is 108 Å². The summed E-state index contributed by atoms with van der Waals surface area (Å²) in [5.41, 5.74) is 6.63. The van der Waals surface area contributed by atoms with Crippen LogP contribution < -0.4 is 20.1 Å². The van der Waals surface area contributed by atoms with Gasteiger partial charge in [0.15, 0.2) is 11.5 Å². The van der Waals surface area contributed by atoms with Crippen LogP contribution in [-0.4, -0.2) is 107 Å². The topological polar surface area (TPSA) is 112 Å². The maximum absolute atomic E-state index is 14.1. The van der Waals surface area contributed by atoms with Gasteiger partial charge in [-0.15, -0.1) is 0 Å². The predicted octanol–water partition coefficient (Wildman–Crippen LogP) is 9.81. The van der Waals surface area contributed by atoms with Crippen molar-refractivity contribution in [3.63, 3.8) is 0 Å². The molecule has 6 heterocycles. The van der Waals surface area contributed by atoms with E-state index in [1.165, 1.54) is 48.5 Å². The molecule has 0 amide bonds. The number of rotatable bonds is 8. The van der Waals surface area contributed by atoms with Crippen LogP contribution in [-0.2, 0) is 0 Å². The number of halogens is 4. The number of benzene rings is 6. The molecule has 12 rings (SSSR count). The van der Waals surface area contributed by atoms with Gasteiger partial charge in [-0.25, -0.2) is 17.6 Å². The van der Waals surface area contributed by atoms with Gasteiger partial charge in [0.25, 0.3) is 0 Å². The summed E-state index contributed by atoms with van der Waals surface area (Å²) in [6, 6.07) is 23.7. The lowest BCUT2D eigenvalue weighted by Gasteiger charge is -2.36. The minimum Gasteiger partial charge on any atom is -0.488 e. The Hall–Kier alpha value is -6.32. The number of aromatic amines is 4. The average molecular weight is 869 g/mol. The van der Waals surface area contributed by atoms with E-state index in [2.05, 4.69) is 54.2 Å². The van der Waals surface area contributed by atoms with Gasteiger partial charge in [-0.3, -0.25) is 9.80 Å². The summed E-state index contributed by atoms with van der Waals surface area (Å²) in [5.74, 6) is 0.206. The molecule has 6 aromatic carbocycles. The van der Waals surface area contributed by atoms with E-state index in [0.29, 0.717) is 36.8 Å². The van der Waals surface area contributed by atoms with E-state index < -0.39 is 0 Å². The zero-order valence-electron chi connectivity index (χ0n) is 35.5. The molecule has 4 aromatic heterocycles. The number of piperazine rings is 2. The third-order valence-corrected chi connectivity index (χ3v) is 12.8. The minimum atomic E-state index is -0.294. The van der Waals surface area contributed by atoms with Crippen LogP contribution in [0.4, 0.5) is 17.6 Å². The molecule has 2 aliphatic heterocycles. The van der Waals surface area contributed by atoms with Gasteiger partial charge in [0, 0.05) is 130 Å². The number of hydrogen-bond donors (Lipinski definition) is 6. The minimum absolute atomic E-state index is 0.292. The average Bonchev–Trinajstić information content (AvgIpc) is 4.04. The number of aromatic nitrogens is 4. The Morgan fingerprint density at radius 3 is 1.17 bits per heavy atom. The second-order valence-electron chi connectivity index (χ2n) is 17.4. The van der Waals surface area contributed by atoms with Crippen molar-refractivity contribution in [1.29, 1.82) is 0 Å². The summed E-state index contributed by atoms with van der Waals surface area (Å²) in [6.45, 7) is 13.0. The molecule has 2 fully saturated rings. The Labute approximate surface area is 364 Å². The zero-order chi connectivity index (χ0) is 43.6. The van der Waals surface area contributed by atoms with Crippen molar-refractivity contribution >= 4 is 87.2 Å². The van der Waals surface area contributed by atoms with E-state index in [1.54, 1.807) is 24.3 Å². The summed E-state index contributed by atoms with van der Waals surface area (Å²) in [6.07, 6.45) is 0. The first kappa shape index (κ1) is 40.5. The van der Waals surface area contributed by atoms with Crippen LogP contribution in [0, 0.1) is 23.3 Å². The van der Waals surface area contributed by atoms with Crippen molar-refractivity contribution in [2.24, 2.45) is 0 Å². The molecule has 14 heteroatoms. The molecule has 0 spiro atoms. The van der Waals surface area contributed by atoms with Crippen molar-refractivity contribution in [2.45, 2.75) is 25.9 Å². The molecular weight excluding hydrogens is 821 g/mol. The fourth-order valence-electron chi connectivity index (χ4n) is 9.99. The highest BCUT2D eigenvalue weighted by Crippen LogP contribution is 2.43. The highest BCUT2D eigenvalue weighted by atomic mass is 19.1. The Morgan fingerprint density at radius 1 is 0.469 bits per heavy atom. The molecule has 2 unspecified atom stereocenters. The molecule has 64 heavy (non-hydrogen) atoms. The predicted molar refractivity (Wildman–Crippen MR) is 249 cm³/mol. The van der Waals surface area contributed by atoms with E-state index in [1.807, 2.05) is 12.1 Å². The first-order chi connectivity index (χ1) is 31.1. The molecule has 10 nitrogen and oxygen atoms in total. The summed E-state index contributed by atoms with van der Waals surface area (Å²) < 4.78 is 68.9. The fourth-order valence-corrected chi connectivity index (χ4v) is 9.99. The lowest BCUT2D eigenvalue weighted by Crippen LogP contribution is -2.54. The molecule has 2 aliphatic rings. The van der Waals surface area contributed by atoms with Crippen LogP contribution in [0.5, 0.6) is 11.5 Å². The van der Waals surface area contributed by atoms with Crippen LogP contribution in [0.25, 0.3) is 87.2 Å². The highest BCUT2D eigenvalue weighted by molar-refractivity contribution is 6.22. The Bertz CT molecular complexity index is 3190. The van der Waals surface area contributed by atoms with Gasteiger partial charge < -0.3 is 40.0 Å². The molecule has 0 aliphatic carbocycles. The lowest BCUT2D eigenvalue weighted by atomic mass is 10.1. The van der Waals surface area contributed by atoms with E-state index in [-0.39, 0.29) is 23.3 Å². The molecule has 0 bridgehead atoms. The van der Waals surface area contributed by atoms with Gasteiger partial charge in [-0.05, 0) is 98.8 Å². The van der Waals surface area contributed by atoms with Gasteiger partial charge >= 0.3 is 0 Å². The van der Waals surface area contributed by atoms with E-state index in [9.17, 15) is 17.6 Å². The second-order valence-corrected chi connectivity index (χ2v) is 17.4. The maximum atomic E-state index is 14.1. The van der Waals surface area contributed by atoms with Crippen LogP contribution in [0.1, 0.15) is 13.8 Å². The van der Waals surface area contributed by atoms with Crippen molar-refractivity contribution in [2.75, 3.05) is 65.6 Å². The molecule has 0 radical (unpaired) electrons. The molecule has 10 aromatic rings. The first-order valence-corrected chi connectivity index (χ1v) is 22.0. The van der Waals surface area contributed by atoms with Gasteiger partial charge in [-0.2, -0.15) is 0 Å². The normalized spacial score (nSPS) is 17.8. The molecule has 328 valence electrons. The molecule has 6 N–H and O–H groups in total. The number of ether oxygens (including phenoxy) is 2. The SMILES string of the molecule is CC1CN(CCOc2c3[nH]c4ccc(F)cc4c3cc3c2[nH]c2ccc(F)cc23)CC(C)N1.Fc1ccc2[nH]c3c(OCCN4CCNCC4)c4[nH]c5ccc(F)cc5c4cc3c2c1. The van der Waals surface area contributed by atoms with Crippen LogP contribution in [0.2, 0.25) is 0 Å². The number of hydrogen-bond acceptors (Lipinski definition) is 6. The van der Waals surface area contributed by atoms with Crippen LogP contribution >= 0.6 is 0 Å². The first-order valence-electron chi connectivity index (χ1n) is 22.0. The van der Waals surface area contributed by atoms with Gasteiger partial charge in [0.2, 0.25) is 0 Å². The van der Waals surface area contributed by atoms with Crippen molar-refractivity contribution < 1.29 is 27.0 Å². The van der Waals surface area contributed by atoms with Crippen LogP contribution in [0.15, 0.2) is 84.9 Å². The maximum Gasteiger partial charge on any atom is 0.167 e. The lowest BCUT2D eigenvalue weighted by molar-refractivity contribution is 0.147. The van der Waals surface area contributed by atoms with Crippen molar-refractivity contribution in [1.82, 2.24) is 40.4 Å². The smallest absolute Gasteiger partial charge is 0.167 e. The molecule has 2 atom stereocenters. The molecule has 2 saturated heterocycles. The third kappa shape index (κ3) is 7.43. The quantitative estimate of drug-likeness (QED) is 0.0849. The Morgan fingerprint density at radius 2 is 0.812 bits per heavy atom. The summed E-state index contributed by atoms with van der Waals surface area (Å²) in [4.78, 5) is 18.4. The number of nitrogens with zero attached hydrogens (tertiary/aromatic N) is 2. The number of fused-ring (bicyclic) bond motifs is 12. The number of H-pyrrole nitrogens is 4. The highest BCUT2D eigenvalue weighted by Gasteiger charge is 2.23. The summed E-state index contributed by atoms with van der Waals surface area (Å²) in [5, 5.41) is 13.5. The fraction of sp³-hybridized carbons (Fsp3) is 0.280. The largest absolute Gasteiger partial charge is 0.488 e.